The molecule has 8 nitrogen and oxygen atoms in total. The number of halogens is 1. The van der Waals surface area contributed by atoms with E-state index in [4.69, 9.17) is 18.7 Å². The quantitative estimate of drug-likeness (QED) is 0.343. The summed E-state index contributed by atoms with van der Waals surface area (Å²) in [5, 5.41) is 4.94. The first-order valence-electron chi connectivity index (χ1n) is 12.1. The van der Waals surface area contributed by atoms with Gasteiger partial charge in [-0.05, 0) is 61.9 Å². The maximum Gasteiger partial charge on any atom is 0.335 e. The number of benzene rings is 2. The predicted molar refractivity (Wildman–Crippen MR) is 128 cm³/mol. The molecule has 188 valence electrons. The first kappa shape index (κ1) is 24.0. The van der Waals surface area contributed by atoms with Gasteiger partial charge < -0.3 is 18.7 Å². The number of carbonyl (C=O) groups excluding carboxylic acids is 2. The maximum atomic E-state index is 13.6. The van der Waals surface area contributed by atoms with Gasteiger partial charge >= 0.3 is 17.8 Å². The van der Waals surface area contributed by atoms with E-state index < -0.39 is 17.8 Å². The first-order chi connectivity index (χ1) is 17.5. The molecule has 1 aromatic heterocycles. The molecule has 2 aromatic carbocycles. The van der Waals surface area contributed by atoms with E-state index in [-0.39, 0.29) is 5.82 Å². The number of nitrogens with zero attached hydrogens (tertiary/aromatic N) is 2. The minimum atomic E-state index is -1.34. The fourth-order valence-electron chi connectivity index (χ4n) is 4.88. The van der Waals surface area contributed by atoms with Crippen molar-refractivity contribution in [3.05, 3.63) is 59.9 Å². The van der Waals surface area contributed by atoms with Crippen LogP contribution in [-0.2, 0) is 25.5 Å². The number of methoxy groups -OCH3 is 1. The van der Waals surface area contributed by atoms with Crippen molar-refractivity contribution < 1.29 is 32.7 Å². The molecule has 0 amide bonds. The third-order valence-corrected chi connectivity index (χ3v) is 6.66. The summed E-state index contributed by atoms with van der Waals surface area (Å²) < 4.78 is 35.6. The highest BCUT2D eigenvalue weighted by atomic mass is 19.1. The van der Waals surface area contributed by atoms with E-state index in [9.17, 15) is 14.0 Å². The molecule has 0 aliphatic carbocycles. The third-order valence-electron chi connectivity index (χ3n) is 6.66. The van der Waals surface area contributed by atoms with Crippen molar-refractivity contribution >= 4 is 22.9 Å². The Hall–Kier alpha value is -3.72. The fraction of sp³-hybridized carbons (Fsp3) is 0.370. The Morgan fingerprint density at radius 3 is 2.64 bits per heavy atom. The highest BCUT2D eigenvalue weighted by Crippen LogP contribution is 2.35. The molecule has 1 spiro atoms. The van der Waals surface area contributed by atoms with Gasteiger partial charge in [-0.3, -0.25) is 0 Å². The highest BCUT2D eigenvalue weighted by molar-refractivity contribution is 5.93. The first-order valence-corrected chi connectivity index (χ1v) is 12.1. The zero-order chi connectivity index (χ0) is 25.1. The number of aromatic nitrogens is 1. The number of rotatable bonds is 7. The van der Waals surface area contributed by atoms with Crippen LogP contribution < -0.4 is 4.74 Å². The Morgan fingerprint density at radius 1 is 1.06 bits per heavy atom. The van der Waals surface area contributed by atoms with Gasteiger partial charge in [0.2, 0.25) is 0 Å². The van der Waals surface area contributed by atoms with Crippen molar-refractivity contribution in [2.24, 2.45) is 0 Å². The van der Waals surface area contributed by atoms with Crippen LogP contribution in [0.3, 0.4) is 0 Å². The van der Waals surface area contributed by atoms with E-state index in [1.807, 2.05) is 23.1 Å². The van der Waals surface area contributed by atoms with E-state index >= 15 is 0 Å². The summed E-state index contributed by atoms with van der Waals surface area (Å²) >= 11 is 0. The largest absolute Gasteiger partial charge is 0.497 e. The number of hydrogen-bond acceptors (Lipinski definition) is 8. The van der Waals surface area contributed by atoms with Crippen LogP contribution >= 0.6 is 0 Å². The summed E-state index contributed by atoms with van der Waals surface area (Å²) in [4.78, 5) is 26.1. The van der Waals surface area contributed by atoms with Crippen LogP contribution in [0.15, 0.2) is 53.1 Å². The molecule has 5 rings (SSSR count). The molecule has 9 heteroatoms. The van der Waals surface area contributed by atoms with Crippen molar-refractivity contribution in [1.29, 1.82) is 0 Å². The second-order valence-corrected chi connectivity index (χ2v) is 8.98. The number of carbonyl (C=O) groups is 2. The average molecular weight is 495 g/mol. The summed E-state index contributed by atoms with van der Waals surface area (Å²) in [6, 6.07) is 10.2. The van der Waals surface area contributed by atoms with E-state index in [1.54, 1.807) is 13.2 Å². The number of hydrogen-bond donors (Lipinski definition) is 0. The van der Waals surface area contributed by atoms with Crippen LogP contribution in [-0.4, -0.2) is 48.1 Å². The number of fused-ring (bicyclic) bond motifs is 1. The van der Waals surface area contributed by atoms with Gasteiger partial charge in [0.25, 0.3) is 0 Å². The number of ether oxygens (including phenoxy) is 3. The normalized spacial score (nSPS) is 17.7. The van der Waals surface area contributed by atoms with Crippen LogP contribution in [0.25, 0.3) is 22.2 Å². The van der Waals surface area contributed by atoms with E-state index in [2.05, 4.69) is 5.16 Å². The minimum Gasteiger partial charge on any atom is -0.497 e. The molecule has 36 heavy (non-hydrogen) atoms. The van der Waals surface area contributed by atoms with Gasteiger partial charge in [-0.25, -0.2) is 18.9 Å². The van der Waals surface area contributed by atoms with E-state index in [0.717, 1.165) is 60.8 Å². The van der Waals surface area contributed by atoms with Gasteiger partial charge in [0.1, 0.15) is 17.3 Å². The minimum absolute atomic E-state index is 0.382. The van der Waals surface area contributed by atoms with Crippen molar-refractivity contribution in [1.82, 2.24) is 10.1 Å². The van der Waals surface area contributed by atoms with Gasteiger partial charge in [0.15, 0.2) is 5.58 Å². The van der Waals surface area contributed by atoms with Crippen molar-refractivity contribution in [2.75, 3.05) is 20.2 Å². The van der Waals surface area contributed by atoms with Crippen LogP contribution in [0.2, 0.25) is 0 Å². The Bertz CT molecular complexity index is 1300. The van der Waals surface area contributed by atoms with Gasteiger partial charge in [-0.2, -0.15) is 0 Å². The lowest BCUT2D eigenvalue weighted by Gasteiger charge is -2.43. The maximum absolute atomic E-state index is 13.6. The SMILES string of the molecule is COc1ccc(CCCCN2CCCCC23OC(=O)C=CC(=O)O3)c(-c2noc3cc(F)ccc23)c1. The number of esters is 2. The predicted octanol–water partition coefficient (Wildman–Crippen LogP) is 4.76. The molecule has 0 bridgehead atoms. The molecule has 3 heterocycles. The van der Waals surface area contributed by atoms with Gasteiger partial charge in [0.05, 0.1) is 7.11 Å². The van der Waals surface area contributed by atoms with Gasteiger partial charge in [-0.15, -0.1) is 0 Å². The molecule has 0 radical (unpaired) electrons. The van der Waals surface area contributed by atoms with Crippen LogP contribution in [0, 0.1) is 5.82 Å². The Labute approximate surface area is 207 Å². The number of likely N-dealkylation sites (tertiary alicyclic amines) is 1. The van der Waals surface area contributed by atoms with Crippen LogP contribution in [0.4, 0.5) is 4.39 Å². The van der Waals surface area contributed by atoms with Crippen molar-refractivity contribution in [2.45, 2.75) is 44.4 Å². The monoisotopic (exact) mass is 494 g/mol. The summed E-state index contributed by atoms with van der Waals surface area (Å²) in [6.45, 7) is 1.29. The van der Waals surface area contributed by atoms with Crippen molar-refractivity contribution in [3.63, 3.8) is 0 Å². The molecular weight excluding hydrogens is 467 g/mol. The molecule has 3 aromatic rings. The smallest absolute Gasteiger partial charge is 0.335 e. The van der Waals surface area contributed by atoms with Gasteiger partial charge in [0, 0.05) is 48.7 Å². The average Bonchev–Trinajstić information content (AvgIpc) is 3.22. The molecule has 1 saturated heterocycles. The molecule has 1 fully saturated rings. The lowest BCUT2D eigenvalue weighted by Crippen LogP contribution is -2.56. The Morgan fingerprint density at radius 2 is 1.86 bits per heavy atom. The third kappa shape index (κ3) is 4.83. The molecule has 0 unspecified atom stereocenters. The molecule has 0 atom stereocenters. The molecular formula is C27H27FN2O6. The molecule has 0 saturated carbocycles. The lowest BCUT2D eigenvalue weighted by atomic mass is 9.97. The van der Waals surface area contributed by atoms with Gasteiger partial charge in [-0.1, -0.05) is 11.2 Å². The number of piperidine rings is 1. The second kappa shape index (κ2) is 10.1. The summed E-state index contributed by atoms with van der Waals surface area (Å²) in [5.74, 6) is -2.18. The Balaban J connectivity index is 1.31. The van der Waals surface area contributed by atoms with E-state index in [0.29, 0.717) is 36.5 Å². The Kier molecular flexibility index (Phi) is 6.73. The van der Waals surface area contributed by atoms with Crippen LogP contribution in [0.5, 0.6) is 5.75 Å². The van der Waals surface area contributed by atoms with Crippen LogP contribution in [0.1, 0.15) is 37.7 Å². The second-order valence-electron chi connectivity index (χ2n) is 8.98. The molecule has 0 N–H and O–H groups in total. The molecule has 2 aliphatic heterocycles. The summed E-state index contributed by atoms with van der Waals surface area (Å²) in [6.07, 6.45) is 6.78. The molecule has 2 aliphatic rings. The number of unbranched alkanes of at least 4 members (excludes halogenated alkanes) is 1. The number of aryl methyl sites for hydroxylation is 1. The zero-order valence-corrected chi connectivity index (χ0v) is 20.0. The van der Waals surface area contributed by atoms with Crippen molar-refractivity contribution in [3.8, 4) is 17.0 Å². The zero-order valence-electron chi connectivity index (χ0n) is 20.0. The summed E-state index contributed by atoms with van der Waals surface area (Å²) in [5.41, 5.74) is 2.95. The summed E-state index contributed by atoms with van der Waals surface area (Å²) in [7, 11) is 1.60. The highest BCUT2D eigenvalue weighted by Gasteiger charge is 2.46. The standard InChI is InChI=1S/C27H27FN2O6/c1-33-20-9-7-18(22(17-20)26-21-10-8-19(28)16-23(21)36-29-26)6-2-4-14-30-15-5-3-13-27(30)34-24(31)11-12-25(32)35-27/h7-12,16-17H,2-6,13-15H2,1H3. The fourth-order valence-corrected chi connectivity index (χ4v) is 4.88. The lowest BCUT2D eigenvalue weighted by molar-refractivity contribution is -0.293. The van der Waals surface area contributed by atoms with E-state index in [1.165, 1.54) is 12.1 Å². The topological polar surface area (TPSA) is 91.1 Å².